The Morgan fingerprint density at radius 1 is 0.591 bits per heavy atom. The Kier molecular flexibility index (Phi) is 5.29. The van der Waals surface area contributed by atoms with Crippen molar-refractivity contribution in [1.29, 1.82) is 0 Å². The lowest BCUT2D eigenvalue weighted by atomic mass is 9.65. The van der Waals surface area contributed by atoms with E-state index in [-0.39, 0.29) is 25.5 Å². The first kappa shape index (κ1) is 24.8. The third-order valence-electron chi connectivity index (χ3n) is 8.92. The maximum Gasteiger partial charge on any atom is 0.427 e. The first-order valence-corrected chi connectivity index (χ1v) is 14.7. The van der Waals surface area contributed by atoms with Crippen LogP contribution < -0.4 is 37.2 Å². The normalized spacial score (nSPS) is 16.2. The molecule has 6 aromatic rings. The third kappa shape index (κ3) is 3.57. The summed E-state index contributed by atoms with van der Waals surface area (Å²) in [5.74, 6) is -0.192. The number of ketones is 1. The van der Waals surface area contributed by atoms with Crippen LogP contribution in [0, 0.1) is 0 Å². The minimum Gasteiger partial charge on any atom is -0.506 e. The Morgan fingerprint density at radius 2 is 1.25 bits per heavy atom. The maximum atomic E-state index is 14.1. The van der Waals surface area contributed by atoms with Crippen molar-refractivity contribution < 1.29 is 9.90 Å². The molecule has 0 spiro atoms. The van der Waals surface area contributed by atoms with E-state index in [1.165, 1.54) is 0 Å². The number of nitrogens with zero attached hydrogens (tertiary/aromatic N) is 1. The molecule has 206 valence electrons. The summed E-state index contributed by atoms with van der Waals surface area (Å²) in [6, 6.07) is 40.3. The highest BCUT2D eigenvalue weighted by atomic mass is 16.3. The molecule has 0 bridgehead atoms. The van der Waals surface area contributed by atoms with Gasteiger partial charge in [0.15, 0.2) is 0 Å². The minimum absolute atomic E-state index is 0.00208. The summed E-state index contributed by atoms with van der Waals surface area (Å²) in [5.41, 5.74) is 6.18. The molecule has 2 heterocycles. The molecule has 0 aromatic heterocycles. The van der Waals surface area contributed by atoms with Gasteiger partial charge in [0.25, 0.3) is 0 Å². The summed E-state index contributed by atoms with van der Waals surface area (Å²) in [6.07, 6.45) is 0. The molecular weight excluding hydrogens is 542 g/mol. The number of aliphatic hydroxyl groups is 1. The SMILES string of the molecule is O=C1C(c2ccc3cccc4c3c2NB(c2ccccc2)N4)=C(O)/C1=c1\ccc2cccc3c2c1=NB(c1ccccc1)N3. The van der Waals surface area contributed by atoms with E-state index in [0.717, 1.165) is 49.5 Å². The van der Waals surface area contributed by atoms with Crippen LogP contribution in [0.3, 0.4) is 0 Å². The molecular formula is C36H24B2N4O2. The quantitative estimate of drug-likeness (QED) is 0.239. The van der Waals surface area contributed by atoms with Crippen LogP contribution in [-0.4, -0.2) is 24.9 Å². The van der Waals surface area contributed by atoms with E-state index in [0.29, 0.717) is 27.3 Å². The molecule has 0 fully saturated rings. The van der Waals surface area contributed by atoms with Crippen molar-refractivity contribution in [2.45, 2.75) is 0 Å². The van der Waals surface area contributed by atoms with Gasteiger partial charge in [-0.15, -0.1) is 0 Å². The Balaban J connectivity index is 1.26. The fourth-order valence-electron chi connectivity index (χ4n) is 6.83. The van der Waals surface area contributed by atoms with Gasteiger partial charge in [0.1, 0.15) is 5.76 Å². The monoisotopic (exact) mass is 566 g/mol. The second kappa shape index (κ2) is 9.38. The van der Waals surface area contributed by atoms with Gasteiger partial charge in [-0.25, -0.2) is 0 Å². The van der Waals surface area contributed by atoms with Gasteiger partial charge in [-0.1, -0.05) is 109 Å². The van der Waals surface area contributed by atoms with Gasteiger partial charge in [-0.05, 0) is 33.8 Å². The number of aliphatic hydroxyl groups excluding tert-OH is 1. The average molecular weight is 566 g/mol. The number of benzene rings is 6. The molecule has 0 unspecified atom stereocenters. The predicted molar refractivity (Wildman–Crippen MR) is 181 cm³/mol. The number of carbonyl (C=O) groups is 1. The number of rotatable bonds is 3. The highest BCUT2D eigenvalue weighted by Gasteiger charge is 2.39. The van der Waals surface area contributed by atoms with Gasteiger partial charge in [-0.3, -0.25) is 4.79 Å². The zero-order valence-corrected chi connectivity index (χ0v) is 23.5. The van der Waals surface area contributed by atoms with E-state index in [1.54, 1.807) is 0 Å². The second-order valence-corrected chi connectivity index (χ2v) is 11.4. The van der Waals surface area contributed by atoms with E-state index < -0.39 is 0 Å². The van der Waals surface area contributed by atoms with Gasteiger partial charge in [-0.2, -0.15) is 0 Å². The predicted octanol–water partition coefficient (Wildman–Crippen LogP) is 4.37. The molecule has 0 amide bonds. The average Bonchev–Trinajstić information content (AvgIpc) is 3.08. The summed E-state index contributed by atoms with van der Waals surface area (Å²) in [4.78, 5) is 19.2. The van der Waals surface area contributed by atoms with Crippen molar-refractivity contribution in [1.82, 2.24) is 0 Å². The molecule has 2 aliphatic heterocycles. The van der Waals surface area contributed by atoms with Gasteiger partial charge in [0.2, 0.25) is 5.78 Å². The summed E-state index contributed by atoms with van der Waals surface area (Å²) >= 11 is 0. The molecule has 4 N–H and O–H groups in total. The highest BCUT2D eigenvalue weighted by Crippen LogP contribution is 2.45. The van der Waals surface area contributed by atoms with Crippen LogP contribution in [0.2, 0.25) is 0 Å². The maximum absolute atomic E-state index is 14.1. The van der Waals surface area contributed by atoms with Crippen molar-refractivity contribution in [3.05, 3.63) is 143 Å². The lowest BCUT2D eigenvalue weighted by Gasteiger charge is -2.31. The number of hydrogen-bond donors (Lipinski definition) is 4. The minimum atomic E-state index is -0.313. The number of hydrogen-bond acceptors (Lipinski definition) is 6. The molecule has 6 nitrogen and oxygen atoms in total. The molecule has 6 aromatic carbocycles. The van der Waals surface area contributed by atoms with Crippen LogP contribution in [0.25, 0.3) is 32.7 Å². The van der Waals surface area contributed by atoms with E-state index in [4.69, 9.17) is 4.90 Å². The van der Waals surface area contributed by atoms with Crippen molar-refractivity contribution in [2.24, 2.45) is 4.90 Å². The lowest BCUT2D eigenvalue weighted by Crippen LogP contribution is -2.48. The van der Waals surface area contributed by atoms with Crippen LogP contribution in [0.5, 0.6) is 0 Å². The fourth-order valence-corrected chi connectivity index (χ4v) is 6.83. The molecule has 0 saturated carbocycles. The zero-order valence-electron chi connectivity index (χ0n) is 23.5. The Labute approximate surface area is 253 Å². The highest BCUT2D eigenvalue weighted by molar-refractivity contribution is 6.80. The number of Topliss-reactive ketones (excluding diaryl/α,β-unsaturated/α-hetero) is 1. The molecule has 3 aliphatic rings. The molecule has 0 radical (unpaired) electrons. The summed E-state index contributed by atoms with van der Waals surface area (Å²) in [7, 11) is 0. The summed E-state index contributed by atoms with van der Waals surface area (Å²) in [5, 5.41) is 27.8. The van der Waals surface area contributed by atoms with Crippen LogP contribution in [0.1, 0.15) is 5.56 Å². The standard InChI is InChI=1S/C36H24B2N4O2/c43-35-31(25-19-17-21-9-7-15-27-29(21)33(25)41-37(39-27)23-11-3-1-4-12-23)36(44)32(35)26-20-18-22-10-8-16-28-30(22)34(26)42-38(40-28)24-13-5-2-6-14-24/h1-20,39-41,43H/b32-26-. The van der Waals surface area contributed by atoms with Gasteiger partial charge < -0.3 is 25.7 Å². The molecule has 8 heteroatoms. The van der Waals surface area contributed by atoms with Gasteiger partial charge >= 0.3 is 14.0 Å². The molecule has 44 heavy (non-hydrogen) atoms. The lowest BCUT2D eigenvalue weighted by molar-refractivity contribution is -0.109. The number of anilines is 3. The third-order valence-corrected chi connectivity index (χ3v) is 8.92. The largest absolute Gasteiger partial charge is 0.506 e. The Bertz CT molecular complexity index is 2360. The van der Waals surface area contributed by atoms with Crippen molar-refractivity contribution >= 4 is 80.4 Å². The molecule has 1 aliphatic carbocycles. The number of nitrogens with one attached hydrogen (secondary N) is 3. The van der Waals surface area contributed by atoms with Crippen LogP contribution in [0.15, 0.2) is 132 Å². The molecule has 0 saturated heterocycles. The summed E-state index contributed by atoms with van der Waals surface area (Å²) < 4.78 is 0. The van der Waals surface area contributed by atoms with Gasteiger partial charge in [0.05, 0.1) is 16.5 Å². The smallest absolute Gasteiger partial charge is 0.427 e. The van der Waals surface area contributed by atoms with Crippen LogP contribution >= 0.6 is 0 Å². The van der Waals surface area contributed by atoms with Crippen molar-refractivity contribution in [2.75, 3.05) is 15.7 Å². The fraction of sp³-hybridized carbons (Fsp3) is 0. The topological polar surface area (TPSA) is 85.8 Å². The van der Waals surface area contributed by atoms with Crippen molar-refractivity contribution in [3.8, 4) is 0 Å². The number of allylic oxidation sites excluding steroid dienone is 2. The zero-order chi connectivity index (χ0) is 29.4. The van der Waals surface area contributed by atoms with E-state index in [2.05, 4.69) is 39.9 Å². The number of carbonyl (C=O) groups excluding carboxylic acids is 1. The first-order chi connectivity index (χ1) is 21.7. The molecule has 0 atom stereocenters. The van der Waals surface area contributed by atoms with E-state index >= 15 is 0 Å². The van der Waals surface area contributed by atoms with E-state index in [1.807, 2.05) is 97.1 Å². The van der Waals surface area contributed by atoms with Gasteiger partial charge in [0, 0.05) is 38.6 Å². The van der Waals surface area contributed by atoms with E-state index in [9.17, 15) is 9.90 Å². The Hall–Kier alpha value is -5.75. The first-order valence-electron chi connectivity index (χ1n) is 14.7. The molecule has 9 rings (SSSR count). The van der Waals surface area contributed by atoms with Crippen molar-refractivity contribution in [3.63, 3.8) is 0 Å². The van der Waals surface area contributed by atoms with Crippen LogP contribution in [-0.2, 0) is 4.79 Å². The Morgan fingerprint density at radius 3 is 1.98 bits per heavy atom. The van der Waals surface area contributed by atoms with Crippen LogP contribution in [0.4, 0.5) is 17.1 Å². The summed E-state index contributed by atoms with van der Waals surface area (Å²) in [6.45, 7) is -0.506. The second-order valence-electron chi connectivity index (χ2n) is 11.4.